The van der Waals surface area contributed by atoms with Gasteiger partial charge in [0.25, 0.3) is 0 Å². The molecule has 190 valence electrons. The van der Waals surface area contributed by atoms with Crippen LogP contribution in [0.4, 0.5) is 0 Å². The zero-order chi connectivity index (χ0) is 25.8. The molecule has 0 aromatic heterocycles. The first kappa shape index (κ1) is 27.5. The van der Waals surface area contributed by atoms with Gasteiger partial charge in [0.15, 0.2) is 0 Å². The number of nitrogens with one attached hydrogen (secondary N) is 1. The van der Waals surface area contributed by atoms with Crippen LogP contribution in [0, 0.1) is 6.92 Å². The van der Waals surface area contributed by atoms with Crippen LogP contribution in [-0.4, -0.2) is 55.1 Å². The number of sulfonamides is 1. The lowest BCUT2D eigenvalue weighted by Crippen LogP contribution is -2.52. The van der Waals surface area contributed by atoms with Crippen molar-refractivity contribution in [3.63, 3.8) is 0 Å². The Kier molecular flexibility index (Phi) is 9.21. The van der Waals surface area contributed by atoms with E-state index in [9.17, 15) is 18.0 Å². The Labute approximate surface area is 217 Å². The Morgan fingerprint density at radius 1 is 1.06 bits per heavy atom. The molecule has 3 rings (SSSR count). The fourth-order valence-corrected chi connectivity index (χ4v) is 5.51. The monoisotopic (exact) mass is 539 g/mol. The van der Waals surface area contributed by atoms with Crippen molar-refractivity contribution in [2.75, 3.05) is 13.6 Å². The molecule has 0 spiro atoms. The van der Waals surface area contributed by atoms with Crippen LogP contribution in [0.25, 0.3) is 0 Å². The molecule has 7 nitrogen and oxygen atoms in total. The van der Waals surface area contributed by atoms with Gasteiger partial charge in [-0.3, -0.25) is 9.59 Å². The van der Waals surface area contributed by atoms with E-state index in [1.54, 1.807) is 37.3 Å². The van der Waals surface area contributed by atoms with Crippen LogP contribution in [0.5, 0.6) is 0 Å². The van der Waals surface area contributed by atoms with E-state index in [4.69, 9.17) is 23.2 Å². The highest BCUT2D eigenvalue weighted by Gasteiger charge is 2.31. The van der Waals surface area contributed by atoms with Crippen LogP contribution in [0.3, 0.4) is 0 Å². The van der Waals surface area contributed by atoms with E-state index in [1.165, 1.54) is 24.1 Å². The van der Waals surface area contributed by atoms with Crippen molar-refractivity contribution in [1.82, 2.24) is 14.5 Å². The first-order valence-corrected chi connectivity index (χ1v) is 13.8. The third kappa shape index (κ3) is 6.97. The number of benzene rings is 2. The number of aryl methyl sites for hydroxylation is 1. The topological polar surface area (TPSA) is 86.8 Å². The van der Waals surface area contributed by atoms with Crippen molar-refractivity contribution in [3.05, 3.63) is 63.6 Å². The summed E-state index contributed by atoms with van der Waals surface area (Å²) < 4.78 is 27.0. The van der Waals surface area contributed by atoms with E-state index in [-0.39, 0.29) is 23.4 Å². The first-order valence-electron chi connectivity index (χ1n) is 11.6. The predicted octanol–water partition coefficient (Wildman–Crippen LogP) is 4.40. The van der Waals surface area contributed by atoms with Gasteiger partial charge in [0, 0.05) is 19.6 Å². The van der Waals surface area contributed by atoms with E-state index in [1.807, 2.05) is 6.92 Å². The van der Waals surface area contributed by atoms with Crippen LogP contribution >= 0.6 is 23.2 Å². The predicted molar refractivity (Wildman–Crippen MR) is 138 cm³/mol. The second-order valence-electron chi connectivity index (χ2n) is 9.01. The van der Waals surface area contributed by atoms with Crippen LogP contribution in [-0.2, 0) is 26.2 Å². The zero-order valence-corrected chi connectivity index (χ0v) is 22.5. The molecule has 10 heteroatoms. The van der Waals surface area contributed by atoms with Crippen molar-refractivity contribution in [2.24, 2.45) is 0 Å². The summed E-state index contributed by atoms with van der Waals surface area (Å²) in [5, 5.41) is 3.73. The lowest BCUT2D eigenvalue weighted by atomic mass is 10.1. The van der Waals surface area contributed by atoms with Gasteiger partial charge in [0.05, 0.1) is 21.5 Å². The number of hydrogen-bond acceptors (Lipinski definition) is 4. The van der Waals surface area contributed by atoms with E-state index >= 15 is 0 Å². The van der Waals surface area contributed by atoms with Crippen molar-refractivity contribution in [3.8, 4) is 0 Å². The molecule has 2 amide bonds. The summed E-state index contributed by atoms with van der Waals surface area (Å²) in [6.07, 6.45) is 3.95. The lowest BCUT2D eigenvalue weighted by molar-refractivity contribution is -0.140. The van der Waals surface area contributed by atoms with E-state index in [0.717, 1.165) is 35.6 Å². The average molecular weight is 541 g/mol. The maximum Gasteiger partial charge on any atom is 0.243 e. The Hall–Kier alpha value is -2.13. The van der Waals surface area contributed by atoms with Crippen molar-refractivity contribution in [2.45, 2.75) is 63.1 Å². The van der Waals surface area contributed by atoms with Gasteiger partial charge in [-0.25, -0.2) is 8.42 Å². The second kappa shape index (κ2) is 11.7. The summed E-state index contributed by atoms with van der Waals surface area (Å²) in [6.45, 7) is 3.17. The third-order valence-corrected chi connectivity index (χ3v) is 8.85. The minimum absolute atomic E-state index is 0.0768. The van der Waals surface area contributed by atoms with E-state index in [2.05, 4.69) is 5.32 Å². The number of hydrogen-bond donors (Lipinski definition) is 1. The van der Waals surface area contributed by atoms with Gasteiger partial charge >= 0.3 is 0 Å². The summed E-state index contributed by atoms with van der Waals surface area (Å²) in [6, 6.07) is 10.7. The molecule has 0 heterocycles. The normalized spacial score (nSPS) is 15.3. The highest BCUT2D eigenvalue weighted by Crippen LogP contribution is 2.24. The molecular weight excluding hydrogens is 509 g/mol. The molecule has 1 saturated carbocycles. The maximum absolute atomic E-state index is 13.4. The van der Waals surface area contributed by atoms with E-state index < -0.39 is 28.5 Å². The van der Waals surface area contributed by atoms with E-state index in [0.29, 0.717) is 15.6 Å². The van der Waals surface area contributed by atoms with Crippen molar-refractivity contribution < 1.29 is 18.0 Å². The lowest BCUT2D eigenvalue weighted by Gasteiger charge is -2.31. The Bertz CT molecular complexity index is 1170. The number of amides is 2. The smallest absolute Gasteiger partial charge is 0.243 e. The van der Waals surface area contributed by atoms with Crippen LogP contribution in [0.1, 0.15) is 43.7 Å². The Morgan fingerprint density at radius 2 is 1.69 bits per heavy atom. The van der Waals surface area contributed by atoms with Gasteiger partial charge in [-0.1, -0.05) is 59.8 Å². The number of rotatable bonds is 9. The number of nitrogens with zero attached hydrogens (tertiary/aromatic N) is 2. The molecule has 1 aliphatic carbocycles. The van der Waals surface area contributed by atoms with Crippen LogP contribution in [0.2, 0.25) is 10.0 Å². The van der Waals surface area contributed by atoms with Crippen molar-refractivity contribution in [1.29, 1.82) is 0 Å². The molecule has 2 aromatic rings. The van der Waals surface area contributed by atoms with Gasteiger partial charge < -0.3 is 10.2 Å². The minimum atomic E-state index is -3.89. The number of halogens is 2. The standard InChI is InChI=1S/C25H31Cl2N3O4S/c1-17-8-11-21(12-9-17)35(33,34)29(3)16-24(31)30(15-19-10-13-22(26)23(27)14-19)18(2)25(32)28-20-6-4-5-7-20/h8-14,18,20H,4-7,15-16H2,1-3H3,(H,28,32)/t18-/m1/s1. The minimum Gasteiger partial charge on any atom is -0.352 e. The molecule has 0 unspecified atom stereocenters. The van der Waals surface area contributed by atoms with Crippen LogP contribution in [0.15, 0.2) is 47.4 Å². The Balaban J connectivity index is 1.81. The SMILES string of the molecule is Cc1ccc(S(=O)(=O)N(C)CC(=O)N(Cc2ccc(Cl)c(Cl)c2)[C@H](C)C(=O)NC2CCCC2)cc1. The summed E-state index contributed by atoms with van der Waals surface area (Å²) in [5.74, 6) is -0.766. The Morgan fingerprint density at radius 3 is 2.29 bits per heavy atom. The van der Waals surface area contributed by atoms with Crippen LogP contribution < -0.4 is 5.32 Å². The number of carbonyl (C=O) groups excluding carboxylic acids is 2. The number of carbonyl (C=O) groups is 2. The summed E-state index contributed by atoms with van der Waals surface area (Å²) in [7, 11) is -2.53. The van der Waals surface area contributed by atoms with Gasteiger partial charge in [-0.2, -0.15) is 4.31 Å². The highest BCUT2D eigenvalue weighted by molar-refractivity contribution is 7.89. The largest absolute Gasteiger partial charge is 0.352 e. The van der Waals surface area contributed by atoms with Gasteiger partial charge in [0.1, 0.15) is 6.04 Å². The van der Waals surface area contributed by atoms with Gasteiger partial charge in [-0.15, -0.1) is 0 Å². The third-order valence-electron chi connectivity index (χ3n) is 6.29. The highest BCUT2D eigenvalue weighted by atomic mass is 35.5. The fraction of sp³-hybridized carbons (Fsp3) is 0.440. The van der Waals surface area contributed by atoms with Gasteiger partial charge in [-0.05, 0) is 56.5 Å². The quantitative estimate of drug-likeness (QED) is 0.511. The second-order valence-corrected chi connectivity index (χ2v) is 11.9. The average Bonchev–Trinajstić information content (AvgIpc) is 3.32. The molecule has 35 heavy (non-hydrogen) atoms. The molecule has 0 radical (unpaired) electrons. The summed E-state index contributed by atoms with van der Waals surface area (Å²) in [4.78, 5) is 27.9. The maximum atomic E-state index is 13.4. The van der Waals surface area contributed by atoms with Gasteiger partial charge in [0.2, 0.25) is 21.8 Å². The molecular formula is C25H31Cl2N3O4S. The molecule has 2 aromatic carbocycles. The molecule has 1 fully saturated rings. The number of likely N-dealkylation sites (N-methyl/N-ethyl adjacent to an activating group) is 1. The first-order chi connectivity index (χ1) is 16.5. The molecule has 1 N–H and O–H groups in total. The molecule has 0 bridgehead atoms. The zero-order valence-electron chi connectivity index (χ0n) is 20.1. The molecule has 0 saturated heterocycles. The van der Waals surface area contributed by atoms with Crippen molar-refractivity contribution >= 4 is 45.0 Å². The molecule has 1 atom stereocenters. The fourth-order valence-electron chi connectivity index (χ4n) is 4.07. The summed E-state index contributed by atoms with van der Waals surface area (Å²) in [5.41, 5.74) is 1.61. The molecule has 1 aliphatic rings. The summed E-state index contributed by atoms with van der Waals surface area (Å²) >= 11 is 12.2. The molecule has 0 aliphatic heterocycles.